The molecule has 4 fully saturated rings. The zero-order valence-electron chi connectivity index (χ0n) is 18.5. The van der Waals surface area contributed by atoms with E-state index in [4.69, 9.17) is 0 Å². The zero-order chi connectivity index (χ0) is 24.1. The number of alkyl halides is 6. The summed E-state index contributed by atoms with van der Waals surface area (Å²) in [6.07, 6.45) is -8.97. The van der Waals surface area contributed by atoms with E-state index in [1.807, 2.05) is 0 Å². The first-order valence-corrected chi connectivity index (χ1v) is 11.2. The highest BCUT2D eigenvalue weighted by molar-refractivity contribution is 5.86. The SMILES string of the molecule is CC1(C)C2CC3C(NCC(O)c4cc(C(F)(F)F)nc5c(C(F)(F)F)cccc45)C3(C)C1C2. The molecule has 0 amide bonds. The Morgan fingerprint density at radius 1 is 1.09 bits per heavy atom. The van der Waals surface area contributed by atoms with Crippen LogP contribution in [0.2, 0.25) is 0 Å². The molecule has 2 N–H and O–H groups in total. The van der Waals surface area contributed by atoms with Crippen LogP contribution in [0.1, 0.15) is 56.5 Å². The van der Waals surface area contributed by atoms with E-state index in [0.29, 0.717) is 29.9 Å². The summed E-state index contributed by atoms with van der Waals surface area (Å²) < 4.78 is 80.7. The fraction of sp³-hybridized carbons (Fsp3) is 0.625. The van der Waals surface area contributed by atoms with E-state index >= 15 is 0 Å². The first-order valence-electron chi connectivity index (χ1n) is 11.2. The maximum Gasteiger partial charge on any atom is 0.433 e. The van der Waals surface area contributed by atoms with Crippen molar-refractivity contribution < 1.29 is 31.4 Å². The molecular formula is C24H26F6N2O. The quantitative estimate of drug-likeness (QED) is 0.540. The summed E-state index contributed by atoms with van der Waals surface area (Å²) in [4.78, 5) is 3.29. The van der Waals surface area contributed by atoms with Crippen LogP contribution >= 0.6 is 0 Å². The molecule has 4 aliphatic carbocycles. The lowest BCUT2D eigenvalue weighted by molar-refractivity contribution is -0.142. The first-order chi connectivity index (χ1) is 15.2. The van der Waals surface area contributed by atoms with Crippen molar-refractivity contribution in [1.29, 1.82) is 0 Å². The third-order valence-corrected chi connectivity index (χ3v) is 8.88. The number of para-hydroxylation sites is 1. The second-order valence-corrected chi connectivity index (χ2v) is 10.7. The van der Waals surface area contributed by atoms with Crippen LogP contribution in [-0.2, 0) is 12.4 Å². The topological polar surface area (TPSA) is 45.1 Å². The van der Waals surface area contributed by atoms with E-state index in [1.165, 1.54) is 12.5 Å². The largest absolute Gasteiger partial charge is 0.433 e. The van der Waals surface area contributed by atoms with Gasteiger partial charge in [0.1, 0.15) is 5.69 Å². The molecule has 1 aromatic heterocycles. The van der Waals surface area contributed by atoms with Gasteiger partial charge in [-0.1, -0.05) is 32.9 Å². The van der Waals surface area contributed by atoms with E-state index in [0.717, 1.165) is 12.5 Å². The van der Waals surface area contributed by atoms with Crippen LogP contribution in [0.25, 0.3) is 10.9 Å². The number of halogens is 6. The Morgan fingerprint density at radius 2 is 1.79 bits per heavy atom. The van der Waals surface area contributed by atoms with Gasteiger partial charge in [-0.05, 0) is 59.1 Å². The maximum atomic E-state index is 13.5. The van der Waals surface area contributed by atoms with Crippen molar-refractivity contribution in [2.45, 2.75) is 58.1 Å². The van der Waals surface area contributed by atoms with Crippen molar-refractivity contribution >= 4 is 10.9 Å². The van der Waals surface area contributed by atoms with Gasteiger partial charge in [-0.25, -0.2) is 4.98 Å². The summed E-state index contributed by atoms with van der Waals surface area (Å²) in [5.74, 6) is 1.67. The smallest absolute Gasteiger partial charge is 0.387 e. The molecule has 2 aromatic rings. The number of benzene rings is 1. The molecule has 0 radical (unpaired) electrons. The lowest BCUT2D eigenvalue weighted by Gasteiger charge is -2.59. The van der Waals surface area contributed by atoms with E-state index in [9.17, 15) is 31.4 Å². The lowest BCUT2D eigenvalue weighted by atomic mass is 9.45. The van der Waals surface area contributed by atoms with Crippen LogP contribution < -0.4 is 5.32 Å². The maximum absolute atomic E-state index is 13.5. The summed E-state index contributed by atoms with van der Waals surface area (Å²) in [5.41, 5.74) is -3.37. The normalized spacial score (nSPS) is 33.4. The van der Waals surface area contributed by atoms with Crippen LogP contribution in [0.4, 0.5) is 26.3 Å². The average Bonchev–Trinajstić information content (AvgIpc) is 3.32. The molecule has 9 heteroatoms. The standard InChI is InChI=1S/C24H26F6N2O/c1-21(2)11-7-15-20(22(15,3)17(21)8-11)31-10-16(33)13-9-18(24(28,29)30)32-19-12(13)5-4-6-14(19)23(25,26)27/h4-6,9,11,15-17,20,31,33H,7-8,10H2,1-3H3. The number of aliphatic hydroxyl groups excluding tert-OH is 1. The number of rotatable bonds is 4. The number of hydrogen-bond donors (Lipinski definition) is 2. The highest BCUT2D eigenvalue weighted by Gasteiger charge is 2.75. The molecule has 4 aliphatic rings. The third kappa shape index (κ3) is 3.29. The van der Waals surface area contributed by atoms with Crippen molar-refractivity contribution in [3.8, 4) is 0 Å². The second-order valence-electron chi connectivity index (χ2n) is 10.7. The molecule has 180 valence electrons. The second kappa shape index (κ2) is 6.84. The van der Waals surface area contributed by atoms with Gasteiger partial charge in [0.15, 0.2) is 0 Å². The highest BCUT2D eigenvalue weighted by atomic mass is 19.4. The van der Waals surface area contributed by atoms with Crippen molar-refractivity contribution in [1.82, 2.24) is 10.3 Å². The molecule has 6 atom stereocenters. The Balaban J connectivity index is 1.45. The molecule has 1 aromatic carbocycles. The summed E-state index contributed by atoms with van der Waals surface area (Å²) in [6, 6.07) is 3.90. The van der Waals surface area contributed by atoms with Gasteiger partial charge in [0, 0.05) is 18.0 Å². The predicted octanol–water partition coefficient (Wildman–Crippen LogP) is 5.97. The van der Waals surface area contributed by atoms with Gasteiger partial charge < -0.3 is 10.4 Å². The number of aromatic nitrogens is 1. The summed E-state index contributed by atoms with van der Waals surface area (Å²) >= 11 is 0. The number of aliphatic hydroxyl groups is 1. The van der Waals surface area contributed by atoms with Gasteiger partial charge in [0.05, 0.1) is 17.2 Å². The molecule has 0 aliphatic heterocycles. The number of nitrogens with one attached hydrogen (secondary N) is 1. The molecule has 33 heavy (non-hydrogen) atoms. The van der Waals surface area contributed by atoms with Crippen LogP contribution in [0, 0.1) is 28.6 Å². The fourth-order valence-corrected chi connectivity index (χ4v) is 6.90. The van der Waals surface area contributed by atoms with Gasteiger partial charge >= 0.3 is 12.4 Å². The minimum absolute atomic E-state index is 0.0404. The van der Waals surface area contributed by atoms with Crippen molar-refractivity contribution in [3.63, 3.8) is 0 Å². The van der Waals surface area contributed by atoms with Crippen molar-refractivity contribution in [2.24, 2.45) is 28.6 Å². The van der Waals surface area contributed by atoms with Gasteiger partial charge in [0.25, 0.3) is 0 Å². The Morgan fingerprint density at radius 3 is 2.36 bits per heavy atom. The average molecular weight is 472 g/mol. The predicted molar refractivity (Wildman–Crippen MR) is 110 cm³/mol. The third-order valence-electron chi connectivity index (χ3n) is 8.88. The number of pyridine rings is 1. The highest BCUT2D eigenvalue weighted by Crippen LogP contribution is 2.77. The van der Waals surface area contributed by atoms with Gasteiger partial charge in [-0.2, -0.15) is 26.3 Å². The molecule has 3 nitrogen and oxygen atoms in total. The fourth-order valence-electron chi connectivity index (χ4n) is 6.90. The Bertz CT molecular complexity index is 1110. The molecule has 1 heterocycles. The van der Waals surface area contributed by atoms with Gasteiger partial charge in [-0.3, -0.25) is 0 Å². The lowest BCUT2D eigenvalue weighted by Crippen LogP contribution is -2.53. The number of hydrogen-bond acceptors (Lipinski definition) is 3. The summed E-state index contributed by atoms with van der Waals surface area (Å²) in [7, 11) is 0. The molecule has 6 rings (SSSR count). The van der Waals surface area contributed by atoms with Gasteiger partial charge in [-0.15, -0.1) is 0 Å². The monoisotopic (exact) mass is 472 g/mol. The van der Waals surface area contributed by atoms with Crippen molar-refractivity contribution in [3.05, 3.63) is 41.1 Å². The minimum atomic E-state index is -4.94. The minimum Gasteiger partial charge on any atom is -0.387 e. The van der Waals surface area contributed by atoms with Gasteiger partial charge in [0.2, 0.25) is 0 Å². The van der Waals surface area contributed by atoms with Crippen LogP contribution in [0.5, 0.6) is 0 Å². The molecule has 6 unspecified atom stereocenters. The van der Waals surface area contributed by atoms with Crippen molar-refractivity contribution in [2.75, 3.05) is 6.54 Å². The first kappa shape index (κ1) is 22.9. The van der Waals surface area contributed by atoms with Crippen LogP contribution in [0.3, 0.4) is 0 Å². The molecule has 2 bridgehead atoms. The van der Waals surface area contributed by atoms with E-state index in [1.54, 1.807) is 0 Å². The molecule has 0 saturated heterocycles. The molecule has 0 spiro atoms. The van der Waals surface area contributed by atoms with Crippen LogP contribution in [0.15, 0.2) is 24.3 Å². The molecule has 4 saturated carbocycles. The van der Waals surface area contributed by atoms with E-state index in [-0.39, 0.29) is 34.4 Å². The van der Waals surface area contributed by atoms with E-state index in [2.05, 4.69) is 31.1 Å². The Kier molecular flexibility index (Phi) is 4.75. The number of fused-ring (bicyclic) bond motifs is 1. The zero-order valence-corrected chi connectivity index (χ0v) is 18.5. The Labute approximate surface area is 187 Å². The Hall–Kier alpha value is -1.87. The summed E-state index contributed by atoms with van der Waals surface area (Å²) in [6.45, 7) is 6.74. The summed E-state index contributed by atoms with van der Waals surface area (Å²) in [5, 5.41) is 14.0. The van der Waals surface area contributed by atoms with E-state index < -0.39 is 35.2 Å². The number of nitrogens with zero attached hydrogens (tertiary/aromatic N) is 1. The molecular weight excluding hydrogens is 446 g/mol. The van der Waals surface area contributed by atoms with Crippen LogP contribution in [-0.4, -0.2) is 22.7 Å².